The number of piperazine rings is 1. The van der Waals surface area contributed by atoms with Crippen LogP contribution in [-0.4, -0.2) is 61.7 Å². The summed E-state index contributed by atoms with van der Waals surface area (Å²) in [4.78, 5) is 5.01. The van der Waals surface area contributed by atoms with Gasteiger partial charge in [-0.05, 0) is 45.0 Å². The molecule has 0 aliphatic carbocycles. The van der Waals surface area contributed by atoms with E-state index >= 15 is 0 Å². The molecule has 0 saturated carbocycles. The molecule has 2 heterocycles. The summed E-state index contributed by atoms with van der Waals surface area (Å²) in [6, 6.07) is 7.18. The van der Waals surface area contributed by atoms with E-state index in [0.717, 1.165) is 24.4 Å². The maximum atomic E-state index is 5.84. The lowest BCUT2D eigenvalue weighted by atomic mass is 10.0. The average molecular weight is 289 g/mol. The van der Waals surface area contributed by atoms with Crippen LogP contribution in [0.25, 0.3) is 0 Å². The van der Waals surface area contributed by atoms with Crippen molar-refractivity contribution >= 4 is 5.69 Å². The maximum Gasteiger partial charge on any atom is 0.142 e. The average Bonchev–Trinajstić information content (AvgIpc) is 2.48. The van der Waals surface area contributed by atoms with Gasteiger partial charge in [0, 0.05) is 32.2 Å². The Kier molecular flexibility index (Phi) is 4.36. The number of nitrogens with one attached hydrogen (secondary N) is 1. The summed E-state index contributed by atoms with van der Waals surface area (Å²) in [5.74, 6) is 0.991. The fraction of sp³-hybridized carbons (Fsp3) is 0.647. The molecule has 4 heteroatoms. The summed E-state index contributed by atoms with van der Waals surface area (Å²) in [5.41, 5.74) is 2.54. The second kappa shape index (κ2) is 6.24. The number of benzene rings is 1. The van der Waals surface area contributed by atoms with Crippen LogP contribution in [0.4, 0.5) is 5.69 Å². The topological polar surface area (TPSA) is 27.7 Å². The van der Waals surface area contributed by atoms with Gasteiger partial charge in [0.2, 0.25) is 0 Å². The highest BCUT2D eigenvalue weighted by Crippen LogP contribution is 2.30. The molecule has 1 fully saturated rings. The van der Waals surface area contributed by atoms with E-state index in [1.54, 1.807) is 0 Å². The Morgan fingerprint density at radius 2 is 2.05 bits per heavy atom. The SMILES string of the molecule is CC1CNc2cc(CC(C)N3CCN(C)CC3)ccc2O1. The number of hydrogen-bond donors (Lipinski definition) is 1. The van der Waals surface area contributed by atoms with Crippen LogP contribution < -0.4 is 10.1 Å². The number of nitrogens with zero attached hydrogens (tertiary/aromatic N) is 2. The van der Waals surface area contributed by atoms with Crippen molar-refractivity contribution in [2.45, 2.75) is 32.4 Å². The van der Waals surface area contributed by atoms with E-state index in [2.05, 4.69) is 54.2 Å². The van der Waals surface area contributed by atoms with Crippen molar-refractivity contribution in [2.75, 3.05) is 45.1 Å². The predicted molar refractivity (Wildman–Crippen MR) is 87.3 cm³/mol. The van der Waals surface area contributed by atoms with Gasteiger partial charge in [0.05, 0.1) is 12.2 Å². The molecule has 4 nitrogen and oxygen atoms in total. The first-order valence-corrected chi connectivity index (χ1v) is 8.08. The highest BCUT2D eigenvalue weighted by Gasteiger charge is 2.20. The summed E-state index contributed by atoms with van der Waals surface area (Å²) in [6.45, 7) is 10.1. The lowest BCUT2D eigenvalue weighted by Crippen LogP contribution is -2.48. The second-order valence-corrected chi connectivity index (χ2v) is 6.53. The smallest absolute Gasteiger partial charge is 0.142 e. The number of hydrogen-bond acceptors (Lipinski definition) is 4. The van der Waals surface area contributed by atoms with Crippen molar-refractivity contribution < 1.29 is 4.74 Å². The molecule has 1 saturated heterocycles. The van der Waals surface area contributed by atoms with E-state index in [4.69, 9.17) is 4.74 Å². The number of ether oxygens (including phenoxy) is 1. The summed E-state index contributed by atoms with van der Waals surface area (Å²) in [7, 11) is 2.21. The van der Waals surface area contributed by atoms with Crippen molar-refractivity contribution in [3.63, 3.8) is 0 Å². The van der Waals surface area contributed by atoms with Gasteiger partial charge >= 0.3 is 0 Å². The van der Waals surface area contributed by atoms with Gasteiger partial charge < -0.3 is 15.0 Å². The van der Waals surface area contributed by atoms with Gasteiger partial charge in [-0.3, -0.25) is 4.90 Å². The molecule has 3 rings (SSSR count). The fourth-order valence-electron chi connectivity index (χ4n) is 3.19. The van der Waals surface area contributed by atoms with Gasteiger partial charge in [-0.25, -0.2) is 0 Å². The number of rotatable bonds is 3. The van der Waals surface area contributed by atoms with Crippen LogP contribution in [0.3, 0.4) is 0 Å². The monoisotopic (exact) mass is 289 g/mol. The van der Waals surface area contributed by atoms with E-state index in [-0.39, 0.29) is 6.10 Å². The van der Waals surface area contributed by atoms with Crippen molar-refractivity contribution in [3.05, 3.63) is 23.8 Å². The zero-order valence-corrected chi connectivity index (χ0v) is 13.4. The van der Waals surface area contributed by atoms with Crippen molar-refractivity contribution in [2.24, 2.45) is 0 Å². The van der Waals surface area contributed by atoms with Crippen molar-refractivity contribution in [1.29, 1.82) is 0 Å². The maximum absolute atomic E-state index is 5.84. The Hall–Kier alpha value is -1.26. The van der Waals surface area contributed by atoms with Gasteiger partial charge in [-0.1, -0.05) is 6.07 Å². The minimum Gasteiger partial charge on any atom is -0.487 e. The highest BCUT2D eigenvalue weighted by atomic mass is 16.5. The first kappa shape index (κ1) is 14.7. The Labute approximate surface area is 128 Å². The number of likely N-dealkylation sites (N-methyl/N-ethyl adjacent to an activating group) is 1. The van der Waals surface area contributed by atoms with Crippen molar-refractivity contribution in [3.8, 4) is 5.75 Å². The minimum atomic E-state index is 0.257. The van der Waals surface area contributed by atoms with Crippen LogP contribution in [0.5, 0.6) is 5.75 Å². The molecular formula is C17H27N3O. The van der Waals surface area contributed by atoms with Crippen LogP contribution in [0.1, 0.15) is 19.4 Å². The van der Waals surface area contributed by atoms with Gasteiger partial charge in [0.25, 0.3) is 0 Å². The quantitative estimate of drug-likeness (QED) is 0.922. The summed E-state index contributed by atoms with van der Waals surface area (Å²) < 4.78 is 5.84. The normalized spacial score (nSPS) is 24.8. The van der Waals surface area contributed by atoms with Gasteiger partial charge in [0.1, 0.15) is 11.9 Å². The zero-order chi connectivity index (χ0) is 14.8. The lowest BCUT2D eigenvalue weighted by Gasteiger charge is -2.36. The largest absolute Gasteiger partial charge is 0.487 e. The standard InChI is InChI=1S/C17H27N3O/c1-13(20-8-6-19(3)7-9-20)10-15-4-5-17-16(11-15)18-12-14(2)21-17/h4-5,11,13-14,18H,6-10,12H2,1-3H3. The highest BCUT2D eigenvalue weighted by molar-refractivity contribution is 5.59. The molecule has 0 aromatic heterocycles. The molecule has 0 spiro atoms. The molecule has 0 amide bonds. The van der Waals surface area contributed by atoms with E-state index in [1.165, 1.54) is 31.7 Å². The van der Waals surface area contributed by atoms with Gasteiger partial charge in [-0.2, -0.15) is 0 Å². The molecule has 2 atom stereocenters. The number of fused-ring (bicyclic) bond motifs is 1. The molecule has 21 heavy (non-hydrogen) atoms. The third-order valence-corrected chi connectivity index (χ3v) is 4.64. The summed E-state index contributed by atoms with van der Waals surface area (Å²) >= 11 is 0. The molecule has 116 valence electrons. The lowest BCUT2D eigenvalue weighted by molar-refractivity contribution is 0.118. The van der Waals surface area contributed by atoms with Crippen LogP contribution in [0, 0.1) is 0 Å². The first-order valence-electron chi connectivity index (χ1n) is 8.08. The van der Waals surface area contributed by atoms with E-state index in [0.29, 0.717) is 6.04 Å². The molecule has 1 N–H and O–H groups in total. The Morgan fingerprint density at radius 3 is 2.81 bits per heavy atom. The van der Waals surface area contributed by atoms with E-state index in [9.17, 15) is 0 Å². The molecule has 2 unspecified atom stereocenters. The van der Waals surface area contributed by atoms with Crippen LogP contribution >= 0.6 is 0 Å². The fourth-order valence-corrected chi connectivity index (χ4v) is 3.19. The van der Waals surface area contributed by atoms with E-state index < -0.39 is 0 Å². The summed E-state index contributed by atoms with van der Waals surface area (Å²) in [6.07, 6.45) is 1.36. The first-order chi connectivity index (χ1) is 10.1. The Bertz CT molecular complexity index is 483. The summed E-state index contributed by atoms with van der Waals surface area (Å²) in [5, 5.41) is 3.47. The Balaban J connectivity index is 1.62. The number of anilines is 1. The molecule has 2 aliphatic heterocycles. The van der Waals surface area contributed by atoms with Gasteiger partial charge in [-0.15, -0.1) is 0 Å². The van der Waals surface area contributed by atoms with Gasteiger partial charge in [0.15, 0.2) is 0 Å². The third kappa shape index (κ3) is 3.50. The Morgan fingerprint density at radius 1 is 1.29 bits per heavy atom. The molecule has 2 aliphatic rings. The second-order valence-electron chi connectivity index (χ2n) is 6.53. The van der Waals surface area contributed by atoms with E-state index in [1.807, 2.05) is 0 Å². The third-order valence-electron chi connectivity index (χ3n) is 4.64. The van der Waals surface area contributed by atoms with Crippen LogP contribution in [0.2, 0.25) is 0 Å². The molecule has 1 aromatic rings. The molecular weight excluding hydrogens is 262 g/mol. The predicted octanol–water partition coefficient (Wildman–Crippen LogP) is 2.06. The molecule has 0 bridgehead atoms. The van der Waals surface area contributed by atoms with Crippen LogP contribution in [0.15, 0.2) is 18.2 Å². The van der Waals surface area contributed by atoms with Crippen molar-refractivity contribution in [1.82, 2.24) is 9.80 Å². The minimum absolute atomic E-state index is 0.257. The molecule has 0 radical (unpaired) electrons. The molecule has 1 aromatic carbocycles. The van der Waals surface area contributed by atoms with Crippen LogP contribution in [-0.2, 0) is 6.42 Å². The zero-order valence-electron chi connectivity index (χ0n) is 13.4.